The quantitative estimate of drug-likeness (QED) is 0.568. The van der Waals surface area contributed by atoms with Gasteiger partial charge in [-0.3, -0.25) is 0 Å². The number of alkyl halides is 3. The number of benzene rings is 1. The molecule has 1 aliphatic carbocycles. The first-order valence-electron chi connectivity index (χ1n) is 9.81. The standard InChI is InChI=1S/C22H23F3N4/c1-14(17-9-6-10-19(11-17)22(23,24)25)26-21-20-12-18(16-7-4-3-5-8-16)13-29(20)28-15(2)27-21/h6-7,9-14H,3-5,8H2,1-2H3,(H,26,27,28)/t14-/m1/s1. The molecule has 0 aliphatic heterocycles. The molecule has 1 aromatic carbocycles. The van der Waals surface area contributed by atoms with Gasteiger partial charge >= 0.3 is 6.18 Å². The molecule has 4 rings (SSSR count). The van der Waals surface area contributed by atoms with Gasteiger partial charge in [-0.25, -0.2) is 9.50 Å². The van der Waals surface area contributed by atoms with E-state index in [9.17, 15) is 13.2 Å². The van der Waals surface area contributed by atoms with Crippen molar-refractivity contribution in [2.75, 3.05) is 5.32 Å². The van der Waals surface area contributed by atoms with E-state index in [0.717, 1.165) is 30.0 Å². The van der Waals surface area contributed by atoms with E-state index in [1.807, 2.05) is 13.1 Å². The molecule has 0 fully saturated rings. The van der Waals surface area contributed by atoms with E-state index in [-0.39, 0.29) is 6.04 Å². The maximum Gasteiger partial charge on any atom is 0.416 e. The van der Waals surface area contributed by atoms with Crippen molar-refractivity contribution in [3.05, 3.63) is 65.1 Å². The summed E-state index contributed by atoms with van der Waals surface area (Å²) in [6.07, 6.45) is 4.45. The number of nitrogens with one attached hydrogen (secondary N) is 1. The number of aryl methyl sites for hydroxylation is 1. The van der Waals surface area contributed by atoms with Crippen LogP contribution < -0.4 is 5.32 Å². The van der Waals surface area contributed by atoms with Crippen molar-refractivity contribution in [3.63, 3.8) is 0 Å². The largest absolute Gasteiger partial charge is 0.416 e. The number of hydrogen-bond acceptors (Lipinski definition) is 3. The number of halogens is 3. The predicted molar refractivity (Wildman–Crippen MR) is 108 cm³/mol. The molecule has 3 aromatic rings. The zero-order valence-electron chi connectivity index (χ0n) is 16.4. The highest BCUT2D eigenvalue weighted by molar-refractivity contribution is 5.76. The van der Waals surface area contributed by atoms with Crippen LogP contribution in [0.2, 0.25) is 0 Å². The number of rotatable bonds is 4. The third kappa shape index (κ3) is 4.13. The summed E-state index contributed by atoms with van der Waals surface area (Å²) in [5.74, 6) is 1.21. The van der Waals surface area contributed by atoms with E-state index in [0.29, 0.717) is 17.2 Å². The van der Waals surface area contributed by atoms with Crippen LogP contribution in [0.4, 0.5) is 19.0 Å². The van der Waals surface area contributed by atoms with Gasteiger partial charge in [0.25, 0.3) is 0 Å². The van der Waals surface area contributed by atoms with Crippen LogP contribution in [-0.4, -0.2) is 14.6 Å². The Morgan fingerprint density at radius 1 is 1.17 bits per heavy atom. The van der Waals surface area contributed by atoms with Gasteiger partial charge in [0.05, 0.1) is 11.6 Å². The van der Waals surface area contributed by atoms with Crippen LogP contribution >= 0.6 is 0 Å². The predicted octanol–water partition coefficient (Wildman–Crippen LogP) is 6.19. The van der Waals surface area contributed by atoms with Gasteiger partial charge < -0.3 is 5.32 Å². The smallest absolute Gasteiger partial charge is 0.362 e. The first-order chi connectivity index (χ1) is 13.8. The minimum atomic E-state index is -4.36. The summed E-state index contributed by atoms with van der Waals surface area (Å²) in [4.78, 5) is 4.51. The van der Waals surface area contributed by atoms with E-state index < -0.39 is 11.7 Å². The lowest BCUT2D eigenvalue weighted by atomic mass is 9.95. The van der Waals surface area contributed by atoms with Crippen molar-refractivity contribution < 1.29 is 13.2 Å². The van der Waals surface area contributed by atoms with Crippen LogP contribution in [0.3, 0.4) is 0 Å². The minimum Gasteiger partial charge on any atom is -0.362 e. The number of fused-ring (bicyclic) bond motifs is 1. The molecule has 0 spiro atoms. The van der Waals surface area contributed by atoms with Crippen LogP contribution in [0.1, 0.15) is 61.2 Å². The zero-order valence-corrected chi connectivity index (χ0v) is 16.4. The lowest BCUT2D eigenvalue weighted by molar-refractivity contribution is -0.137. The molecule has 1 N–H and O–H groups in total. The summed E-state index contributed by atoms with van der Waals surface area (Å²) in [5.41, 5.74) is 3.16. The second-order valence-corrected chi connectivity index (χ2v) is 7.53. The summed E-state index contributed by atoms with van der Waals surface area (Å²) in [7, 11) is 0. The second-order valence-electron chi connectivity index (χ2n) is 7.53. The van der Waals surface area contributed by atoms with Gasteiger partial charge in [0.2, 0.25) is 0 Å². The van der Waals surface area contributed by atoms with Crippen molar-refractivity contribution >= 4 is 16.9 Å². The Balaban J connectivity index is 1.67. The summed E-state index contributed by atoms with van der Waals surface area (Å²) in [6, 6.07) is 7.09. The Morgan fingerprint density at radius 2 is 2.00 bits per heavy atom. The van der Waals surface area contributed by atoms with Gasteiger partial charge in [0.15, 0.2) is 5.82 Å². The maximum atomic E-state index is 13.0. The molecule has 152 valence electrons. The molecule has 0 amide bonds. The first-order valence-corrected chi connectivity index (χ1v) is 9.81. The molecule has 4 nitrogen and oxygen atoms in total. The van der Waals surface area contributed by atoms with Crippen molar-refractivity contribution in [1.82, 2.24) is 14.6 Å². The van der Waals surface area contributed by atoms with Crippen LogP contribution in [0.5, 0.6) is 0 Å². The Morgan fingerprint density at radius 3 is 2.72 bits per heavy atom. The van der Waals surface area contributed by atoms with E-state index in [1.54, 1.807) is 17.5 Å². The molecule has 0 radical (unpaired) electrons. The van der Waals surface area contributed by atoms with Gasteiger partial charge in [0.1, 0.15) is 11.3 Å². The highest BCUT2D eigenvalue weighted by atomic mass is 19.4. The molecule has 0 bridgehead atoms. The molecule has 0 saturated heterocycles. The molecule has 0 unspecified atom stereocenters. The fourth-order valence-electron chi connectivity index (χ4n) is 3.76. The topological polar surface area (TPSA) is 42.2 Å². The number of allylic oxidation sites excluding steroid dienone is 2. The number of hydrogen-bond donors (Lipinski definition) is 1. The average molecular weight is 400 g/mol. The Bertz CT molecular complexity index is 1070. The molecule has 2 heterocycles. The third-order valence-corrected chi connectivity index (χ3v) is 5.30. The molecular weight excluding hydrogens is 377 g/mol. The Labute approximate surface area is 167 Å². The highest BCUT2D eigenvalue weighted by Gasteiger charge is 2.30. The van der Waals surface area contributed by atoms with Crippen LogP contribution in [0.15, 0.2) is 42.6 Å². The van der Waals surface area contributed by atoms with Crippen LogP contribution in [0.25, 0.3) is 11.1 Å². The Kier molecular flexibility index (Phi) is 5.06. The number of anilines is 1. The highest BCUT2D eigenvalue weighted by Crippen LogP contribution is 2.33. The van der Waals surface area contributed by atoms with Gasteiger partial charge in [0, 0.05) is 6.20 Å². The summed E-state index contributed by atoms with van der Waals surface area (Å²) < 4.78 is 40.9. The van der Waals surface area contributed by atoms with Crippen LogP contribution in [0, 0.1) is 6.92 Å². The van der Waals surface area contributed by atoms with Crippen LogP contribution in [-0.2, 0) is 6.18 Å². The fourth-order valence-corrected chi connectivity index (χ4v) is 3.76. The van der Waals surface area contributed by atoms with Crippen molar-refractivity contribution in [2.24, 2.45) is 0 Å². The van der Waals surface area contributed by atoms with E-state index >= 15 is 0 Å². The maximum absolute atomic E-state index is 13.0. The van der Waals surface area contributed by atoms with E-state index in [1.165, 1.54) is 30.5 Å². The zero-order chi connectivity index (χ0) is 20.6. The van der Waals surface area contributed by atoms with Gasteiger partial charge in [-0.15, -0.1) is 0 Å². The SMILES string of the molecule is Cc1nc(N[C@H](C)c2cccc(C(F)(F)F)c2)c2cc(C3=CCCCC3)cn2n1. The number of nitrogens with zero attached hydrogens (tertiary/aromatic N) is 3. The fraction of sp³-hybridized carbons (Fsp3) is 0.364. The normalized spacial score (nSPS) is 16.0. The third-order valence-electron chi connectivity index (χ3n) is 5.30. The summed E-state index contributed by atoms with van der Waals surface area (Å²) in [6.45, 7) is 3.63. The van der Waals surface area contributed by atoms with E-state index in [2.05, 4.69) is 27.5 Å². The molecule has 1 aliphatic rings. The molecule has 7 heteroatoms. The van der Waals surface area contributed by atoms with Gasteiger partial charge in [-0.1, -0.05) is 18.2 Å². The van der Waals surface area contributed by atoms with E-state index in [4.69, 9.17) is 0 Å². The molecule has 1 atom stereocenters. The summed E-state index contributed by atoms with van der Waals surface area (Å²) >= 11 is 0. The van der Waals surface area contributed by atoms with Crippen molar-refractivity contribution in [3.8, 4) is 0 Å². The Hall–Kier alpha value is -2.83. The molecule has 0 saturated carbocycles. The summed E-state index contributed by atoms with van der Waals surface area (Å²) in [5, 5.41) is 7.75. The molecular formula is C22H23F3N4. The number of aromatic nitrogens is 3. The molecule has 29 heavy (non-hydrogen) atoms. The average Bonchev–Trinajstić information content (AvgIpc) is 3.12. The lowest BCUT2D eigenvalue weighted by Gasteiger charge is -2.17. The minimum absolute atomic E-state index is 0.345. The van der Waals surface area contributed by atoms with Crippen molar-refractivity contribution in [1.29, 1.82) is 0 Å². The van der Waals surface area contributed by atoms with Gasteiger partial charge in [-0.05, 0) is 74.4 Å². The monoisotopic (exact) mass is 400 g/mol. The van der Waals surface area contributed by atoms with Crippen molar-refractivity contribution in [2.45, 2.75) is 51.7 Å². The second kappa shape index (κ2) is 7.54. The lowest BCUT2D eigenvalue weighted by Crippen LogP contribution is -2.12. The molecule has 2 aromatic heterocycles. The first kappa shape index (κ1) is 19.5. The van der Waals surface area contributed by atoms with Gasteiger partial charge in [-0.2, -0.15) is 18.3 Å².